The number of hydrogen-bond acceptors (Lipinski definition) is 0. The van der Waals surface area contributed by atoms with E-state index < -0.39 is 5.82 Å². The van der Waals surface area contributed by atoms with E-state index in [2.05, 4.69) is 0 Å². The Morgan fingerprint density at radius 3 is 2.63 bits per heavy atom. The fourth-order valence-electron chi connectivity index (χ4n) is 2.14. The third-order valence-corrected chi connectivity index (χ3v) is 3.61. The van der Waals surface area contributed by atoms with Crippen LogP contribution in [0.1, 0.15) is 5.56 Å². The third kappa shape index (κ3) is 2.46. The first-order valence-electron chi connectivity index (χ1n) is 5.82. The third-order valence-electron chi connectivity index (χ3n) is 3.07. The Morgan fingerprint density at radius 1 is 1.00 bits per heavy atom. The molecule has 2 aromatic carbocycles. The minimum absolute atomic E-state index is 0.146. The summed E-state index contributed by atoms with van der Waals surface area (Å²) in [4.78, 5) is 0. The lowest BCUT2D eigenvalue weighted by Crippen LogP contribution is -1.98. The van der Waals surface area contributed by atoms with E-state index >= 15 is 0 Å². The number of halogens is 3. The Labute approximate surface area is 120 Å². The van der Waals surface area contributed by atoms with Gasteiger partial charge in [0.2, 0.25) is 0 Å². The summed E-state index contributed by atoms with van der Waals surface area (Å²) >= 11 is 11.6. The Balaban J connectivity index is 1.98. The van der Waals surface area contributed by atoms with Crippen molar-refractivity contribution in [2.75, 3.05) is 0 Å². The Bertz CT molecular complexity index is 749. The molecule has 0 amide bonds. The van der Waals surface area contributed by atoms with Gasteiger partial charge in [-0.1, -0.05) is 29.3 Å². The van der Waals surface area contributed by atoms with Gasteiger partial charge in [-0.05, 0) is 42.0 Å². The molecule has 0 aliphatic carbocycles. The van der Waals surface area contributed by atoms with Crippen LogP contribution < -0.4 is 0 Å². The number of fused-ring (bicyclic) bond motifs is 1. The van der Waals surface area contributed by atoms with Crippen molar-refractivity contribution < 1.29 is 4.39 Å². The average molecular weight is 294 g/mol. The van der Waals surface area contributed by atoms with Gasteiger partial charge in [-0.25, -0.2) is 4.39 Å². The van der Waals surface area contributed by atoms with Crippen molar-refractivity contribution in [3.63, 3.8) is 0 Å². The lowest BCUT2D eigenvalue weighted by atomic mass is 10.2. The van der Waals surface area contributed by atoms with Gasteiger partial charge >= 0.3 is 0 Å². The molecule has 4 heteroatoms. The molecule has 0 fully saturated rings. The standard InChI is InChI=1S/C15H10Cl2FN/c16-12-2-4-15-11(8-12)5-6-19(15)9-10-1-3-13(17)14(18)7-10/h1-8H,9H2. The Kier molecular flexibility index (Phi) is 3.21. The van der Waals surface area contributed by atoms with Crippen LogP contribution in [0.3, 0.4) is 0 Å². The fourth-order valence-corrected chi connectivity index (χ4v) is 2.44. The molecule has 0 radical (unpaired) electrons. The Morgan fingerprint density at radius 2 is 1.84 bits per heavy atom. The van der Waals surface area contributed by atoms with Crippen LogP contribution >= 0.6 is 23.2 Å². The monoisotopic (exact) mass is 293 g/mol. The summed E-state index contributed by atoms with van der Waals surface area (Å²) in [6.45, 7) is 0.596. The Hall–Kier alpha value is -1.51. The van der Waals surface area contributed by atoms with Crippen molar-refractivity contribution in [3.8, 4) is 0 Å². The second kappa shape index (κ2) is 4.87. The number of nitrogens with zero attached hydrogens (tertiary/aromatic N) is 1. The van der Waals surface area contributed by atoms with Crippen LogP contribution in [-0.4, -0.2) is 4.57 Å². The van der Waals surface area contributed by atoms with Crippen molar-refractivity contribution in [2.24, 2.45) is 0 Å². The summed E-state index contributed by atoms with van der Waals surface area (Å²) < 4.78 is 15.5. The van der Waals surface area contributed by atoms with Crippen molar-refractivity contribution in [1.82, 2.24) is 4.57 Å². The van der Waals surface area contributed by atoms with Gasteiger partial charge in [-0.2, -0.15) is 0 Å². The zero-order valence-electron chi connectivity index (χ0n) is 9.91. The number of aromatic nitrogens is 1. The first-order chi connectivity index (χ1) is 9.13. The van der Waals surface area contributed by atoms with Crippen LogP contribution in [0.5, 0.6) is 0 Å². The van der Waals surface area contributed by atoms with E-state index in [0.717, 1.165) is 16.5 Å². The lowest BCUT2D eigenvalue weighted by molar-refractivity contribution is 0.624. The number of benzene rings is 2. The van der Waals surface area contributed by atoms with Crippen molar-refractivity contribution in [2.45, 2.75) is 6.54 Å². The molecule has 96 valence electrons. The predicted molar refractivity (Wildman–Crippen MR) is 77.5 cm³/mol. The molecular weight excluding hydrogens is 284 g/mol. The highest BCUT2D eigenvalue weighted by Crippen LogP contribution is 2.22. The quantitative estimate of drug-likeness (QED) is 0.617. The molecule has 0 saturated carbocycles. The van der Waals surface area contributed by atoms with Crippen LogP contribution in [0.15, 0.2) is 48.7 Å². The van der Waals surface area contributed by atoms with Gasteiger partial charge < -0.3 is 4.57 Å². The smallest absolute Gasteiger partial charge is 0.142 e. The van der Waals surface area contributed by atoms with Gasteiger partial charge in [0.25, 0.3) is 0 Å². The number of hydrogen-bond donors (Lipinski definition) is 0. The van der Waals surface area contributed by atoms with E-state index in [1.807, 2.05) is 41.1 Å². The molecule has 0 aliphatic heterocycles. The zero-order valence-corrected chi connectivity index (χ0v) is 11.4. The molecule has 3 aromatic rings. The fraction of sp³-hybridized carbons (Fsp3) is 0.0667. The molecule has 19 heavy (non-hydrogen) atoms. The largest absolute Gasteiger partial charge is 0.343 e. The minimum Gasteiger partial charge on any atom is -0.343 e. The second-order valence-corrected chi connectivity index (χ2v) is 5.24. The minimum atomic E-state index is -0.390. The van der Waals surface area contributed by atoms with Gasteiger partial charge in [0.15, 0.2) is 0 Å². The molecule has 0 saturated heterocycles. The van der Waals surface area contributed by atoms with E-state index in [1.54, 1.807) is 6.07 Å². The van der Waals surface area contributed by atoms with Gasteiger partial charge in [0.1, 0.15) is 5.82 Å². The van der Waals surface area contributed by atoms with Crippen molar-refractivity contribution in [3.05, 3.63) is 70.1 Å². The predicted octanol–water partition coefficient (Wildman–Crippen LogP) is 5.14. The molecule has 0 bridgehead atoms. The summed E-state index contributed by atoms with van der Waals surface area (Å²) in [7, 11) is 0. The van der Waals surface area contributed by atoms with Crippen LogP contribution in [0, 0.1) is 5.82 Å². The molecular formula is C15H10Cl2FN. The summed E-state index contributed by atoms with van der Waals surface area (Å²) in [6.07, 6.45) is 1.97. The average Bonchev–Trinajstić information content (AvgIpc) is 2.76. The van der Waals surface area contributed by atoms with Gasteiger partial charge in [0, 0.05) is 28.7 Å². The van der Waals surface area contributed by atoms with Gasteiger partial charge in [0.05, 0.1) is 5.02 Å². The van der Waals surface area contributed by atoms with Crippen molar-refractivity contribution in [1.29, 1.82) is 0 Å². The van der Waals surface area contributed by atoms with Gasteiger partial charge in [-0.15, -0.1) is 0 Å². The highest BCUT2D eigenvalue weighted by Gasteiger charge is 2.05. The molecule has 1 heterocycles. The molecule has 1 nitrogen and oxygen atoms in total. The summed E-state index contributed by atoms with van der Waals surface area (Å²) in [5.41, 5.74) is 1.94. The first kappa shape index (κ1) is 12.5. The molecule has 1 aromatic heterocycles. The van der Waals surface area contributed by atoms with Crippen LogP contribution in [-0.2, 0) is 6.54 Å². The lowest BCUT2D eigenvalue weighted by Gasteiger charge is -2.06. The van der Waals surface area contributed by atoms with E-state index in [1.165, 1.54) is 6.07 Å². The van der Waals surface area contributed by atoms with Crippen LogP contribution in [0.4, 0.5) is 4.39 Å². The SMILES string of the molecule is Fc1cc(Cn2ccc3cc(Cl)ccc32)ccc1Cl. The first-order valence-corrected chi connectivity index (χ1v) is 6.57. The summed E-state index contributed by atoms with van der Waals surface area (Å²) in [5.74, 6) is -0.390. The second-order valence-electron chi connectivity index (χ2n) is 4.40. The zero-order chi connectivity index (χ0) is 13.4. The summed E-state index contributed by atoms with van der Waals surface area (Å²) in [6, 6.07) is 12.6. The normalized spacial score (nSPS) is 11.1. The molecule has 0 aliphatic rings. The van der Waals surface area contributed by atoms with E-state index in [0.29, 0.717) is 11.6 Å². The molecule has 0 spiro atoms. The molecule has 3 rings (SSSR count). The van der Waals surface area contributed by atoms with Gasteiger partial charge in [-0.3, -0.25) is 0 Å². The van der Waals surface area contributed by atoms with Crippen LogP contribution in [0.25, 0.3) is 10.9 Å². The van der Waals surface area contributed by atoms with E-state index in [-0.39, 0.29) is 5.02 Å². The molecule has 0 unspecified atom stereocenters. The van der Waals surface area contributed by atoms with Crippen LogP contribution in [0.2, 0.25) is 10.0 Å². The topological polar surface area (TPSA) is 4.93 Å². The maximum Gasteiger partial charge on any atom is 0.142 e. The highest BCUT2D eigenvalue weighted by molar-refractivity contribution is 6.31. The number of rotatable bonds is 2. The molecule has 0 atom stereocenters. The maximum absolute atomic E-state index is 13.4. The van der Waals surface area contributed by atoms with E-state index in [9.17, 15) is 4.39 Å². The molecule has 0 N–H and O–H groups in total. The maximum atomic E-state index is 13.4. The summed E-state index contributed by atoms with van der Waals surface area (Å²) in [5, 5.41) is 1.93. The van der Waals surface area contributed by atoms with E-state index in [4.69, 9.17) is 23.2 Å². The van der Waals surface area contributed by atoms with Crippen molar-refractivity contribution >= 4 is 34.1 Å². The highest BCUT2D eigenvalue weighted by atomic mass is 35.5.